The van der Waals surface area contributed by atoms with Crippen molar-refractivity contribution in [3.8, 4) is 5.75 Å². The van der Waals surface area contributed by atoms with Crippen LogP contribution in [0.5, 0.6) is 5.75 Å². The van der Waals surface area contributed by atoms with Crippen molar-refractivity contribution in [2.75, 3.05) is 5.33 Å². The molecule has 0 N–H and O–H groups in total. The number of ether oxygens (including phenoxy) is 1. The molecule has 0 unspecified atom stereocenters. The summed E-state index contributed by atoms with van der Waals surface area (Å²) in [5.41, 5.74) is 0.982. The molecule has 2 nitrogen and oxygen atoms in total. The van der Waals surface area contributed by atoms with Crippen LogP contribution in [-0.4, -0.2) is 11.3 Å². The predicted octanol–water partition coefficient (Wildman–Crippen LogP) is 7.78. The average Bonchev–Trinajstić information content (AvgIpc) is 2.75. The zero-order valence-corrected chi connectivity index (χ0v) is 19.2. The zero-order chi connectivity index (χ0) is 17.1. The highest BCUT2D eigenvalue weighted by molar-refractivity contribution is 9.12. The van der Waals surface area contributed by atoms with Gasteiger partial charge in [-0.25, -0.2) is 0 Å². The normalized spacial score (nSPS) is 11.0. The van der Waals surface area contributed by atoms with Gasteiger partial charge < -0.3 is 4.74 Å². The lowest BCUT2D eigenvalue weighted by Crippen LogP contribution is -2.08. The maximum Gasteiger partial charge on any atom is 0.311 e. The van der Waals surface area contributed by atoms with Gasteiger partial charge >= 0.3 is 5.97 Å². The summed E-state index contributed by atoms with van der Waals surface area (Å²) < 4.78 is 7.34. The zero-order valence-electron chi connectivity index (χ0n) is 13.6. The number of carbonyl (C=O) groups is 1. The van der Waals surface area contributed by atoms with Crippen LogP contribution in [0.2, 0.25) is 0 Å². The largest absolute Gasteiger partial charge is 0.424 e. The fourth-order valence-corrected chi connectivity index (χ4v) is 5.59. The van der Waals surface area contributed by atoms with E-state index in [1.807, 2.05) is 6.92 Å². The van der Waals surface area contributed by atoms with Crippen LogP contribution in [0.3, 0.4) is 0 Å². The molecule has 0 saturated carbocycles. The van der Waals surface area contributed by atoms with Crippen LogP contribution < -0.4 is 4.74 Å². The molecule has 0 fully saturated rings. The van der Waals surface area contributed by atoms with E-state index in [9.17, 15) is 4.79 Å². The first-order chi connectivity index (χ1) is 11.1. The summed E-state index contributed by atoms with van der Waals surface area (Å²) in [5.74, 6) is 0.532. The Kier molecular flexibility index (Phi) is 12.1. The Morgan fingerprint density at radius 3 is 1.91 bits per heavy atom. The number of alkyl halides is 1. The molecule has 0 spiro atoms. The molecule has 0 aromatic carbocycles. The van der Waals surface area contributed by atoms with E-state index in [0.717, 1.165) is 31.3 Å². The summed E-state index contributed by atoms with van der Waals surface area (Å²) in [6.45, 7) is 1.95. The smallest absolute Gasteiger partial charge is 0.311 e. The molecule has 1 rings (SSSR count). The summed E-state index contributed by atoms with van der Waals surface area (Å²) in [5, 5.41) is 1.13. The number of hydrogen-bond donors (Lipinski definition) is 0. The van der Waals surface area contributed by atoms with E-state index in [4.69, 9.17) is 4.74 Å². The standard InChI is InChI=1S/C17H25Br3O2S/c1-13-15(17(20)23-16(13)19)22-14(21)11-9-7-5-3-2-4-6-8-10-12-18/h2-12H2,1H3. The minimum absolute atomic E-state index is 0.131. The van der Waals surface area contributed by atoms with E-state index < -0.39 is 0 Å². The molecule has 0 amide bonds. The first kappa shape index (κ1) is 21.7. The first-order valence-corrected chi connectivity index (χ1v) is 11.8. The van der Waals surface area contributed by atoms with Gasteiger partial charge in [0.25, 0.3) is 0 Å². The Bertz CT molecular complexity index is 475. The second kappa shape index (κ2) is 12.9. The van der Waals surface area contributed by atoms with E-state index in [1.54, 1.807) is 0 Å². The number of hydrogen-bond acceptors (Lipinski definition) is 3. The third-order valence-electron chi connectivity index (χ3n) is 3.72. The number of esters is 1. The second-order valence-corrected chi connectivity index (χ2v) is 10.1. The minimum Gasteiger partial charge on any atom is -0.424 e. The highest BCUT2D eigenvalue weighted by Gasteiger charge is 2.16. The molecule has 23 heavy (non-hydrogen) atoms. The van der Waals surface area contributed by atoms with Crippen molar-refractivity contribution in [3.05, 3.63) is 13.1 Å². The van der Waals surface area contributed by atoms with Crippen LogP contribution >= 0.6 is 59.1 Å². The Morgan fingerprint density at radius 1 is 0.913 bits per heavy atom. The van der Waals surface area contributed by atoms with Crippen LogP contribution in [0, 0.1) is 6.92 Å². The van der Waals surface area contributed by atoms with Gasteiger partial charge in [-0.05, 0) is 51.6 Å². The van der Waals surface area contributed by atoms with Gasteiger partial charge in [-0.15, -0.1) is 11.3 Å². The number of halogens is 3. The SMILES string of the molecule is Cc1c(Br)sc(Br)c1OC(=O)CCCCCCCCCCCBr. The van der Waals surface area contributed by atoms with Gasteiger partial charge in [0.2, 0.25) is 0 Å². The molecule has 132 valence electrons. The summed E-state index contributed by atoms with van der Waals surface area (Å²) in [6, 6.07) is 0. The molecule has 0 aliphatic carbocycles. The molecule has 0 atom stereocenters. The first-order valence-electron chi connectivity index (χ1n) is 8.27. The van der Waals surface area contributed by atoms with Gasteiger partial charge in [0.1, 0.15) is 3.79 Å². The minimum atomic E-state index is -0.131. The van der Waals surface area contributed by atoms with Crippen molar-refractivity contribution in [3.63, 3.8) is 0 Å². The van der Waals surface area contributed by atoms with Crippen molar-refractivity contribution in [1.82, 2.24) is 0 Å². The third kappa shape index (κ3) is 9.03. The number of carbonyl (C=O) groups excluding carboxylic acids is 1. The maximum absolute atomic E-state index is 11.9. The molecule has 1 aromatic rings. The van der Waals surface area contributed by atoms with Gasteiger partial charge in [0, 0.05) is 17.3 Å². The Labute approximate surface area is 169 Å². The van der Waals surface area contributed by atoms with Crippen LogP contribution in [0.25, 0.3) is 0 Å². The highest BCUT2D eigenvalue weighted by Crippen LogP contribution is 2.42. The monoisotopic (exact) mass is 530 g/mol. The van der Waals surface area contributed by atoms with Crippen molar-refractivity contribution in [2.45, 2.75) is 71.1 Å². The number of thiophene rings is 1. The molecule has 1 heterocycles. The van der Waals surface area contributed by atoms with Crippen molar-refractivity contribution in [2.24, 2.45) is 0 Å². The molecular weight excluding hydrogens is 508 g/mol. The quantitative estimate of drug-likeness (QED) is 0.156. The molecule has 6 heteroatoms. The molecule has 0 bridgehead atoms. The van der Waals surface area contributed by atoms with E-state index in [2.05, 4.69) is 47.8 Å². The Hall–Kier alpha value is 0.610. The average molecular weight is 533 g/mol. The molecule has 1 aromatic heterocycles. The van der Waals surface area contributed by atoms with Gasteiger partial charge in [-0.1, -0.05) is 60.9 Å². The fraction of sp³-hybridized carbons (Fsp3) is 0.706. The van der Waals surface area contributed by atoms with Gasteiger partial charge in [0.05, 0.1) is 3.79 Å². The van der Waals surface area contributed by atoms with E-state index in [1.165, 1.54) is 56.3 Å². The fourth-order valence-electron chi connectivity index (χ4n) is 2.32. The van der Waals surface area contributed by atoms with Gasteiger partial charge in [-0.3, -0.25) is 4.79 Å². The Morgan fingerprint density at radius 2 is 1.43 bits per heavy atom. The number of rotatable bonds is 12. The van der Waals surface area contributed by atoms with Gasteiger partial charge in [-0.2, -0.15) is 0 Å². The van der Waals surface area contributed by atoms with Crippen LogP contribution in [0.4, 0.5) is 0 Å². The summed E-state index contributed by atoms with van der Waals surface area (Å²) in [4.78, 5) is 11.9. The van der Waals surface area contributed by atoms with Crippen LogP contribution in [-0.2, 0) is 4.79 Å². The summed E-state index contributed by atoms with van der Waals surface area (Å²) in [7, 11) is 0. The lowest BCUT2D eigenvalue weighted by Gasteiger charge is -2.05. The van der Waals surface area contributed by atoms with Crippen LogP contribution in [0.1, 0.15) is 69.8 Å². The molecule has 0 radical (unpaired) electrons. The maximum atomic E-state index is 11.9. The second-order valence-electron chi connectivity index (χ2n) is 5.70. The predicted molar refractivity (Wildman–Crippen MR) is 110 cm³/mol. The highest BCUT2D eigenvalue weighted by atomic mass is 79.9. The van der Waals surface area contributed by atoms with E-state index in [0.29, 0.717) is 12.2 Å². The van der Waals surface area contributed by atoms with Gasteiger partial charge in [0.15, 0.2) is 5.75 Å². The number of unbranched alkanes of at least 4 members (excludes halogenated alkanes) is 8. The van der Waals surface area contributed by atoms with Crippen molar-refractivity contribution in [1.29, 1.82) is 0 Å². The summed E-state index contributed by atoms with van der Waals surface area (Å²) >= 11 is 11.9. The Balaban J connectivity index is 2.04. The molecule has 0 saturated heterocycles. The lowest BCUT2D eigenvalue weighted by atomic mass is 10.1. The lowest BCUT2D eigenvalue weighted by molar-refractivity contribution is -0.134. The van der Waals surface area contributed by atoms with E-state index in [-0.39, 0.29) is 5.97 Å². The molecule has 0 aliphatic rings. The topological polar surface area (TPSA) is 26.3 Å². The third-order valence-corrected chi connectivity index (χ3v) is 7.06. The van der Waals surface area contributed by atoms with Crippen molar-refractivity contribution >= 4 is 65.1 Å². The van der Waals surface area contributed by atoms with E-state index >= 15 is 0 Å². The molecule has 0 aliphatic heterocycles. The molecular formula is C17H25Br3O2S. The van der Waals surface area contributed by atoms with Crippen molar-refractivity contribution < 1.29 is 9.53 Å². The van der Waals surface area contributed by atoms with Crippen LogP contribution in [0.15, 0.2) is 7.57 Å². The summed E-state index contributed by atoms with van der Waals surface area (Å²) in [6.07, 6.45) is 11.7.